The molecule has 0 saturated carbocycles. The van der Waals surface area contributed by atoms with E-state index in [2.05, 4.69) is 24.3 Å². The third-order valence-electron chi connectivity index (χ3n) is 5.79. The summed E-state index contributed by atoms with van der Waals surface area (Å²) in [6.45, 7) is 11.0. The molecule has 0 aliphatic carbocycles. The SMILES string of the molecule is Cc1ccc(C)c(NC(=O)CN(c2ccc(C(C)C)cc2)S(=O)(=O)c2c(C)nn(C)c2C)c1. The smallest absolute Gasteiger partial charge is 0.268 e. The lowest BCUT2D eigenvalue weighted by Crippen LogP contribution is -2.38. The van der Waals surface area contributed by atoms with Crippen LogP contribution in [0.3, 0.4) is 0 Å². The van der Waals surface area contributed by atoms with Gasteiger partial charge in [0.15, 0.2) is 0 Å². The fraction of sp³-hybridized carbons (Fsp3) is 0.360. The highest BCUT2D eigenvalue weighted by Crippen LogP contribution is 2.29. The Hall–Kier alpha value is -3.13. The predicted molar refractivity (Wildman–Crippen MR) is 132 cm³/mol. The van der Waals surface area contributed by atoms with Crippen LogP contribution in [0.15, 0.2) is 47.4 Å². The average Bonchev–Trinajstić information content (AvgIpc) is 3.00. The monoisotopic (exact) mass is 468 g/mol. The number of benzene rings is 2. The lowest BCUT2D eigenvalue weighted by atomic mass is 10.0. The van der Waals surface area contributed by atoms with Gasteiger partial charge in [0.05, 0.1) is 17.1 Å². The second kappa shape index (κ2) is 9.39. The minimum absolute atomic E-state index is 0.123. The summed E-state index contributed by atoms with van der Waals surface area (Å²) in [5.41, 5.74) is 5.01. The Morgan fingerprint density at radius 1 is 1.06 bits per heavy atom. The Morgan fingerprint density at radius 3 is 2.24 bits per heavy atom. The predicted octanol–water partition coefficient (Wildman–Crippen LogP) is 4.61. The number of nitrogens with zero attached hydrogens (tertiary/aromatic N) is 3. The molecule has 33 heavy (non-hydrogen) atoms. The number of amides is 1. The van der Waals surface area contributed by atoms with E-state index < -0.39 is 15.9 Å². The first-order valence-electron chi connectivity index (χ1n) is 10.9. The first kappa shape index (κ1) is 24.5. The molecule has 0 spiro atoms. The number of nitrogens with one attached hydrogen (secondary N) is 1. The van der Waals surface area contributed by atoms with Gasteiger partial charge in [-0.2, -0.15) is 5.10 Å². The first-order chi connectivity index (χ1) is 15.4. The minimum atomic E-state index is -4.04. The number of aryl methyl sites for hydroxylation is 4. The van der Waals surface area contributed by atoms with E-state index >= 15 is 0 Å². The van der Waals surface area contributed by atoms with E-state index in [1.54, 1.807) is 37.7 Å². The van der Waals surface area contributed by atoms with Gasteiger partial charge in [0.25, 0.3) is 10.0 Å². The van der Waals surface area contributed by atoms with Crippen molar-refractivity contribution in [1.29, 1.82) is 0 Å². The van der Waals surface area contributed by atoms with Gasteiger partial charge in [-0.05, 0) is 68.5 Å². The number of hydrogen-bond acceptors (Lipinski definition) is 4. The third-order valence-corrected chi connectivity index (χ3v) is 7.82. The molecule has 176 valence electrons. The van der Waals surface area contributed by atoms with Gasteiger partial charge in [-0.15, -0.1) is 0 Å². The van der Waals surface area contributed by atoms with Crippen LogP contribution in [0, 0.1) is 27.7 Å². The van der Waals surface area contributed by atoms with Crippen molar-refractivity contribution < 1.29 is 13.2 Å². The van der Waals surface area contributed by atoms with Crippen LogP contribution in [-0.4, -0.2) is 30.7 Å². The van der Waals surface area contributed by atoms with Gasteiger partial charge in [0.2, 0.25) is 5.91 Å². The summed E-state index contributed by atoms with van der Waals surface area (Å²) < 4.78 is 30.3. The summed E-state index contributed by atoms with van der Waals surface area (Å²) in [6.07, 6.45) is 0. The highest BCUT2D eigenvalue weighted by atomic mass is 32.2. The molecule has 0 aliphatic rings. The molecule has 8 heteroatoms. The van der Waals surface area contributed by atoms with E-state index in [0.717, 1.165) is 21.0 Å². The summed E-state index contributed by atoms with van der Waals surface area (Å²) in [7, 11) is -2.34. The second-order valence-corrected chi connectivity index (χ2v) is 10.5. The van der Waals surface area contributed by atoms with E-state index in [4.69, 9.17) is 0 Å². The maximum absolute atomic E-state index is 13.8. The zero-order valence-electron chi connectivity index (χ0n) is 20.3. The van der Waals surface area contributed by atoms with Crippen molar-refractivity contribution in [1.82, 2.24) is 9.78 Å². The molecular formula is C25H32N4O3S. The van der Waals surface area contributed by atoms with Gasteiger partial charge in [-0.1, -0.05) is 38.1 Å². The Labute approximate surface area is 196 Å². The molecule has 0 atom stereocenters. The first-order valence-corrected chi connectivity index (χ1v) is 12.4. The maximum Gasteiger partial charge on any atom is 0.268 e. The summed E-state index contributed by atoms with van der Waals surface area (Å²) in [5, 5.41) is 7.14. The molecule has 3 aromatic rings. The quantitative estimate of drug-likeness (QED) is 0.549. The van der Waals surface area contributed by atoms with Crippen LogP contribution in [0.2, 0.25) is 0 Å². The van der Waals surface area contributed by atoms with Gasteiger partial charge in [-0.25, -0.2) is 8.42 Å². The van der Waals surface area contributed by atoms with Crippen LogP contribution >= 0.6 is 0 Å². The molecule has 3 rings (SSSR count). The molecule has 1 N–H and O–H groups in total. The van der Waals surface area contributed by atoms with Crippen molar-refractivity contribution in [2.45, 2.75) is 52.4 Å². The van der Waals surface area contributed by atoms with E-state index in [1.807, 2.05) is 44.2 Å². The molecule has 0 unspecified atom stereocenters. The number of carbonyl (C=O) groups is 1. The Bertz CT molecular complexity index is 1280. The number of rotatable bonds is 7. The summed E-state index contributed by atoms with van der Waals surface area (Å²) in [4.78, 5) is 13.2. The van der Waals surface area contributed by atoms with Crippen LogP contribution in [0.4, 0.5) is 11.4 Å². The number of sulfonamides is 1. The molecule has 1 aromatic heterocycles. The fourth-order valence-electron chi connectivity index (χ4n) is 3.77. The molecule has 1 amide bonds. The van der Waals surface area contributed by atoms with Crippen LogP contribution < -0.4 is 9.62 Å². The van der Waals surface area contributed by atoms with Gasteiger partial charge in [-0.3, -0.25) is 13.8 Å². The molecule has 2 aromatic carbocycles. The summed E-state index contributed by atoms with van der Waals surface area (Å²) in [5.74, 6) is -0.112. The average molecular weight is 469 g/mol. The molecule has 1 heterocycles. The van der Waals surface area contributed by atoms with Crippen LogP contribution in [0.5, 0.6) is 0 Å². The largest absolute Gasteiger partial charge is 0.324 e. The van der Waals surface area contributed by atoms with Crippen molar-refractivity contribution >= 4 is 27.3 Å². The number of carbonyl (C=O) groups excluding carboxylic acids is 1. The van der Waals surface area contributed by atoms with Crippen molar-refractivity contribution in [2.24, 2.45) is 7.05 Å². The van der Waals surface area contributed by atoms with Gasteiger partial charge in [0.1, 0.15) is 11.4 Å². The van der Waals surface area contributed by atoms with Crippen LogP contribution in [0.25, 0.3) is 0 Å². The zero-order chi connectivity index (χ0) is 24.5. The van der Waals surface area contributed by atoms with E-state index in [1.165, 1.54) is 0 Å². The zero-order valence-corrected chi connectivity index (χ0v) is 21.1. The highest BCUT2D eigenvalue weighted by Gasteiger charge is 2.32. The molecule has 0 bridgehead atoms. The molecule has 0 saturated heterocycles. The topological polar surface area (TPSA) is 84.3 Å². The highest BCUT2D eigenvalue weighted by molar-refractivity contribution is 7.93. The number of hydrogen-bond donors (Lipinski definition) is 1. The molecule has 0 aliphatic heterocycles. The van der Waals surface area contributed by atoms with E-state index in [-0.39, 0.29) is 11.4 Å². The van der Waals surface area contributed by atoms with Crippen LogP contribution in [0.1, 0.15) is 47.8 Å². The molecule has 0 fully saturated rings. The molecule has 0 radical (unpaired) electrons. The number of anilines is 2. The third kappa shape index (κ3) is 5.11. The van der Waals surface area contributed by atoms with Gasteiger partial charge >= 0.3 is 0 Å². The van der Waals surface area contributed by atoms with Crippen LogP contribution in [-0.2, 0) is 21.9 Å². The minimum Gasteiger partial charge on any atom is -0.324 e. The molecular weight excluding hydrogens is 436 g/mol. The Kier molecular flexibility index (Phi) is 6.97. The lowest BCUT2D eigenvalue weighted by molar-refractivity contribution is -0.114. The molecule has 7 nitrogen and oxygen atoms in total. The summed E-state index contributed by atoms with van der Waals surface area (Å²) in [6, 6.07) is 13.1. The standard InChI is InChI=1S/C25H32N4O3S/c1-16(2)21-10-12-22(13-11-21)29(33(31,32)25-19(5)27-28(7)20(25)6)15-24(30)26-23-14-17(3)8-9-18(23)4/h8-14,16H,15H2,1-7H3,(H,26,30). The van der Waals surface area contributed by atoms with E-state index in [9.17, 15) is 13.2 Å². The van der Waals surface area contributed by atoms with Gasteiger partial charge in [0, 0.05) is 12.7 Å². The van der Waals surface area contributed by atoms with Crippen molar-refractivity contribution in [3.63, 3.8) is 0 Å². The normalized spacial score (nSPS) is 11.6. The Balaban J connectivity index is 2.03. The maximum atomic E-state index is 13.8. The summed E-state index contributed by atoms with van der Waals surface area (Å²) >= 11 is 0. The fourth-order valence-corrected chi connectivity index (χ4v) is 5.60. The van der Waals surface area contributed by atoms with Crippen molar-refractivity contribution in [3.05, 3.63) is 70.5 Å². The van der Waals surface area contributed by atoms with Crippen molar-refractivity contribution in [3.8, 4) is 0 Å². The second-order valence-electron chi connectivity index (χ2n) is 8.75. The van der Waals surface area contributed by atoms with Gasteiger partial charge < -0.3 is 5.32 Å². The number of aromatic nitrogens is 2. The van der Waals surface area contributed by atoms with Crippen molar-refractivity contribution in [2.75, 3.05) is 16.2 Å². The lowest BCUT2D eigenvalue weighted by Gasteiger charge is -2.25. The Morgan fingerprint density at radius 2 is 1.70 bits per heavy atom. The van der Waals surface area contributed by atoms with E-state index in [0.29, 0.717) is 28.7 Å².